The second kappa shape index (κ2) is 6.65. The van der Waals surface area contributed by atoms with Crippen molar-refractivity contribution in [3.8, 4) is 0 Å². The van der Waals surface area contributed by atoms with Crippen molar-refractivity contribution in [1.82, 2.24) is 10.2 Å². The number of nitrogens with zero attached hydrogens (tertiary/aromatic N) is 1. The summed E-state index contributed by atoms with van der Waals surface area (Å²) in [7, 11) is 0. The van der Waals surface area contributed by atoms with E-state index in [9.17, 15) is 13.2 Å². The van der Waals surface area contributed by atoms with E-state index in [0.717, 1.165) is 13.1 Å². The first kappa shape index (κ1) is 17.8. The lowest BCUT2D eigenvalue weighted by molar-refractivity contribution is -0.136. The van der Waals surface area contributed by atoms with E-state index in [-0.39, 0.29) is 11.8 Å². The predicted molar refractivity (Wildman–Crippen MR) is 76.7 cm³/mol. The van der Waals surface area contributed by atoms with Gasteiger partial charge in [0.25, 0.3) is 0 Å². The van der Waals surface area contributed by atoms with E-state index in [1.165, 1.54) is 0 Å². The molecule has 1 saturated heterocycles. The Labute approximate surface area is 121 Å². The number of alkyl halides is 3. The second-order valence-electron chi connectivity index (χ2n) is 7.35. The molecule has 5 heteroatoms. The normalized spacial score (nSPS) is 26.2. The molecule has 0 aromatic carbocycles. The highest BCUT2D eigenvalue weighted by molar-refractivity contribution is 4.92. The number of rotatable bonds is 4. The van der Waals surface area contributed by atoms with Crippen LogP contribution in [0.3, 0.4) is 0 Å². The minimum absolute atomic E-state index is 0.129. The van der Waals surface area contributed by atoms with Gasteiger partial charge in [0.05, 0.1) is 0 Å². The van der Waals surface area contributed by atoms with Crippen LogP contribution in [0, 0.1) is 11.3 Å². The Hall–Kier alpha value is -0.290. The van der Waals surface area contributed by atoms with Crippen molar-refractivity contribution >= 4 is 0 Å². The fourth-order valence-electron chi connectivity index (χ4n) is 2.80. The van der Waals surface area contributed by atoms with Crippen molar-refractivity contribution in [1.29, 1.82) is 0 Å². The van der Waals surface area contributed by atoms with Crippen LogP contribution < -0.4 is 5.32 Å². The standard InChI is InChI=1S/C15H29F3N2/c1-11(2)12-9-19-13(14(3,4)5)10-20(12)8-6-7-15(16,17)18/h11-13,19H,6-10H2,1-5H3. The number of nitrogens with one attached hydrogen (secondary N) is 1. The summed E-state index contributed by atoms with van der Waals surface area (Å²) in [5.74, 6) is 0.453. The lowest BCUT2D eigenvalue weighted by atomic mass is 9.83. The van der Waals surface area contributed by atoms with Gasteiger partial charge in [-0.25, -0.2) is 0 Å². The molecule has 0 aromatic rings. The van der Waals surface area contributed by atoms with Crippen LogP contribution in [0.5, 0.6) is 0 Å². The van der Waals surface area contributed by atoms with Gasteiger partial charge in [-0.2, -0.15) is 13.2 Å². The van der Waals surface area contributed by atoms with Gasteiger partial charge in [-0.15, -0.1) is 0 Å². The van der Waals surface area contributed by atoms with Crippen molar-refractivity contribution in [2.75, 3.05) is 19.6 Å². The van der Waals surface area contributed by atoms with Crippen molar-refractivity contribution in [3.05, 3.63) is 0 Å². The molecule has 0 saturated carbocycles. The molecular formula is C15H29F3N2. The molecule has 0 aromatic heterocycles. The monoisotopic (exact) mass is 294 g/mol. The molecule has 1 fully saturated rings. The molecule has 0 aliphatic carbocycles. The first-order valence-electron chi connectivity index (χ1n) is 7.55. The molecule has 0 bridgehead atoms. The molecule has 1 aliphatic heterocycles. The molecule has 1 aliphatic rings. The van der Waals surface area contributed by atoms with Gasteiger partial charge >= 0.3 is 6.18 Å². The van der Waals surface area contributed by atoms with Gasteiger partial charge < -0.3 is 5.32 Å². The average Bonchev–Trinajstić information content (AvgIpc) is 2.25. The van der Waals surface area contributed by atoms with Crippen LogP contribution in [0.15, 0.2) is 0 Å². The Bertz CT molecular complexity index is 294. The lowest BCUT2D eigenvalue weighted by Crippen LogP contribution is -2.61. The molecule has 1 rings (SSSR count). The van der Waals surface area contributed by atoms with Gasteiger partial charge in [0.2, 0.25) is 0 Å². The van der Waals surface area contributed by atoms with Crippen LogP contribution in [0.25, 0.3) is 0 Å². The maximum Gasteiger partial charge on any atom is 0.389 e. The van der Waals surface area contributed by atoms with Crippen LogP contribution >= 0.6 is 0 Å². The fourth-order valence-corrected chi connectivity index (χ4v) is 2.80. The topological polar surface area (TPSA) is 15.3 Å². The molecule has 2 unspecified atom stereocenters. The van der Waals surface area contributed by atoms with Crippen LogP contribution in [0.1, 0.15) is 47.5 Å². The summed E-state index contributed by atoms with van der Waals surface area (Å²) >= 11 is 0. The van der Waals surface area contributed by atoms with E-state index in [4.69, 9.17) is 0 Å². The van der Waals surface area contributed by atoms with Crippen LogP contribution in [0.4, 0.5) is 13.2 Å². The third-order valence-corrected chi connectivity index (χ3v) is 4.18. The van der Waals surface area contributed by atoms with Crippen molar-refractivity contribution in [3.63, 3.8) is 0 Å². The van der Waals surface area contributed by atoms with Crippen molar-refractivity contribution < 1.29 is 13.2 Å². The highest BCUT2D eigenvalue weighted by atomic mass is 19.4. The summed E-state index contributed by atoms with van der Waals surface area (Å²) in [5, 5.41) is 3.56. The molecule has 1 N–H and O–H groups in total. The average molecular weight is 294 g/mol. The van der Waals surface area contributed by atoms with E-state index in [1.807, 2.05) is 0 Å². The summed E-state index contributed by atoms with van der Waals surface area (Å²) in [6.45, 7) is 13.0. The van der Waals surface area contributed by atoms with Gasteiger partial charge in [0, 0.05) is 31.6 Å². The van der Waals surface area contributed by atoms with Gasteiger partial charge in [-0.05, 0) is 24.3 Å². The largest absolute Gasteiger partial charge is 0.389 e. The molecule has 1 heterocycles. The van der Waals surface area contributed by atoms with Gasteiger partial charge in [-0.1, -0.05) is 34.6 Å². The highest BCUT2D eigenvalue weighted by Gasteiger charge is 2.35. The number of hydrogen-bond acceptors (Lipinski definition) is 2. The Balaban J connectivity index is 2.60. The lowest BCUT2D eigenvalue weighted by Gasteiger charge is -2.46. The van der Waals surface area contributed by atoms with Gasteiger partial charge in [-0.3, -0.25) is 4.90 Å². The second-order valence-corrected chi connectivity index (χ2v) is 7.35. The van der Waals surface area contributed by atoms with Gasteiger partial charge in [0.15, 0.2) is 0 Å². The first-order chi connectivity index (χ1) is 9.00. The predicted octanol–water partition coefficient (Wildman–Crippen LogP) is 3.67. The molecule has 2 nitrogen and oxygen atoms in total. The maximum absolute atomic E-state index is 12.3. The summed E-state index contributed by atoms with van der Waals surface area (Å²) in [5.41, 5.74) is 0.129. The van der Waals surface area contributed by atoms with E-state index < -0.39 is 12.6 Å². The minimum Gasteiger partial charge on any atom is -0.311 e. The van der Waals surface area contributed by atoms with E-state index in [2.05, 4.69) is 44.8 Å². The Morgan fingerprint density at radius 1 is 1.20 bits per heavy atom. The third-order valence-electron chi connectivity index (χ3n) is 4.18. The summed E-state index contributed by atoms with van der Waals surface area (Å²) in [4.78, 5) is 2.25. The molecule has 0 amide bonds. The van der Waals surface area contributed by atoms with Crippen LogP contribution in [0.2, 0.25) is 0 Å². The summed E-state index contributed by atoms with van der Waals surface area (Å²) in [6.07, 6.45) is -4.52. The molecule has 120 valence electrons. The molecular weight excluding hydrogens is 265 g/mol. The smallest absolute Gasteiger partial charge is 0.311 e. The van der Waals surface area contributed by atoms with Crippen LogP contribution in [-0.2, 0) is 0 Å². The molecule has 0 spiro atoms. The quantitative estimate of drug-likeness (QED) is 0.851. The maximum atomic E-state index is 12.3. The zero-order valence-electron chi connectivity index (χ0n) is 13.3. The van der Waals surface area contributed by atoms with Crippen molar-refractivity contribution in [2.45, 2.75) is 65.7 Å². The van der Waals surface area contributed by atoms with E-state index in [0.29, 0.717) is 24.5 Å². The minimum atomic E-state index is -4.04. The SMILES string of the molecule is CC(C)C1CNC(C(C)(C)C)CN1CCCC(F)(F)F. The number of piperazine rings is 1. The first-order valence-corrected chi connectivity index (χ1v) is 7.55. The Morgan fingerprint density at radius 3 is 2.25 bits per heavy atom. The fraction of sp³-hybridized carbons (Fsp3) is 1.00. The Kier molecular flexibility index (Phi) is 5.90. The summed E-state index contributed by atoms with van der Waals surface area (Å²) < 4.78 is 36.9. The molecule has 0 radical (unpaired) electrons. The zero-order chi connectivity index (χ0) is 15.6. The number of halogens is 3. The third kappa shape index (κ3) is 5.60. The Morgan fingerprint density at radius 2 is 1.80 bits per heavy atom. The molecule has 20 heavy (non-hydrogen) atoms. The molecule has 2 atom stereocenters. The van der Waals surface area contributed by atoms with Crippen molar-refractivity contribution in [2.24, 2.45) is 11.3 Å². The van der Waals surface area contributed by atoms with E-state index in [1.54, 1.807) is 0 Å². The highest BCUT2D eigenvalue weighted by Crippen LogP contribution is 2.27. The van der Waals surface area contributed by atoms with E-state index >= 15 is 0 Å². The number of hydrogen-bond donors (Lipinski definition) is 1. The van der Waals surface area contributed by atoms with Gasteiger partial charge in [0.1, 0.15) is 0 Å². The summed E-state index contributed by atoms with van der Waals surface area (Å²) in [6, 6.07) is 0.672. The van der Waals surface area contributed by atoms with Crippen LogP contribution in [-0.4, -0.2) is 42.8 Å². The zero-order valence-corrected chi connectivity index (χ0v) is 13.3.